The number of halogens is 1. The van der Waals surface area contributed by atoms with Crippen LogP contribution in [0.5, 0.6) is 5.75 Å². The summed E-state index contributed by atoms with van der Waals surface area (Å²) in [4.78, 5) is 39.0. The molecule has 0 saturated heterocycles. The molecule has 0 bridgehead atoms. The van der Waals surface area contributed by atoms with Gasteiger partial charge in [0.25, 0.3) is 0 Å². The summed E-state index contributed by atoms with van der Waals surface area (Å²) in [5, 5.41) is 2.90. The first kappa shape index (κ1) is 24.3. The molecular formula is C23H26ClNO6. The summed E-state index contributed by atoms with van der Waals surface area (Å²) >= 11 is 5.86. The second-order valence-electron chi connectivity index (χ2n) is 7.43. The first-order valence-electron chi connectivity index (χ1n) is 10.0. The van der Waals surface area contributed by atoms with Crippen molar-refractivity contribution in [1.82, 2.24) is 0 Å². The number of esters is 1. The highest BCUT2D eigenvalue weighted by atomic mass is 35.5. The number of rotatable bonds is 13. The lowest BCUT2D eigenvalue weighted by molar-refractivity contribution is -0.159. The van der Waals surface area contributed by atoms with Crippen molar-refractivity contribution in [1.29, 1.82) is 0 Å². The van der Waals surface area contributed by atoms with Crippen LogP contribution < -0.4 is 4.74 Å². The van der Waals surface area contributed by atoms with Crippen LogP contribution in [0.2, 0.25) is 5.02 Å². The molecule has 0 saturated carbocycles. The third-order valence-electron chi connectivity index (χ3n) is 4.50. The Morgan fingerprint density at radius 2 is 1.42 bits per heavy atom. The van der Waals surface area contributed by atoms with Crippen LogP contribution in [0, 0.1) is 4.91 Å². The second-order valence-corrected chi connectivity index (χ2v) is 7.87. The highest BCUT2D eigenvalue weighted by Gasteiger charge is 2.31. The third kappa shape index (κ3) is 8.02. The van der Waals surface area contributed by atoms with E-state index >= 15 is 0 Å². The van der Waals surface area contributed by atoms with Gasteiger partial charge < -0.3 is 14.3 Å². The van der Waals surface area contributed by atoms with Gasteiger partial charge in [-0.15, -0.1) is 4.91 Å². The molecule has 2 aromatic carbocycles. The van der Waals surface area contributed by atoms with Crippen molar-refractivity contribution in [3.05, 3.63) is 69.6 Å². The van der Waals surface area contributed by atoms with Gasteiger partial charge in [0.1, 0.15) is 12.4 Å². The molecule has 0 aliphatic heterocycles. The normalized spacial score (nSPS) is 10.9. The number of benzene rings is 2. The SMILES string of the molecule is CC(C)(Oc1ccc(C(=O)c2ccc(Cl)cc2)cc1)C(=O)OCCCCCCON=O. The Hall–Kier alpha value is -2.93. The Balaban J connectivity index is 1.81. The van der Waals surface area contributed by atoms with Crippen LogP contribution in [0.4, 0.5) is 0 Å². The Morgan fingerprint density at radius 1 is 0.871 bits per heavy atom. The number of ketones is 1. The van der Waals surface area contributed by atoms with E-state index in [9.17, 15) is 14.5 Å². The van der Waals surface area contributed by atoms with Crippen LogP contribution in [0.25, 0.3) is 0 Å². The van der Waals surface area contributed by atoms with Gasteiger partial charge in [0.05, 0.1) is 6.61 Å². The van der Waals surface area contributed by atoms with Crippen LogP contribution in [-0.4, -0.2) is 30.6 Å². The van der Waals surface area contributed by atoms with Gasteiger partial charge in [-0.3, -0.25) is 4.79 Å². The van der Waals surface area contributed by atoms with Crippen LogP contribution in [0.1, 0.15) is 55.5 Å². The maximum absolute atomic E-state index is 12.5. The van der Waals surface area contributed by atoms with Gasteiger partial charge >= 0.3 is 5.97 Å². The molecule has 0 spiro atoms. The van der Waals surface area contributed by atoms with Crippen LogP contribution in [-0.2, 0) is 14.4 Å². The summed E-state index contributed by atoms with van der Waals surface area (Å²) in [5.74, 6) is -0.142. The van der Waals surface area contributed by atoms with Crippen molar-refractivity contribution >= 4 is 23.4 Å². The summed E-state index contributed by atoms with van der Waals surface area (Å²) in [6.45, 7) is 3.85. The Labute approximate surface area is 186 Å². The number of unbranched alkanes of at least 4 members (excludes halogenated alkanes) is 3. The predicted molar refractivity (Wildman–Crippen MR) is 117 cm³/mol. The summed E-state index contributed by atoms with van der Waals surface area (Å²) in [6, 6.07) is 13.3. The average Bonchev–Trinajstić information content (AvgIpc) is 2.75. The Kier molecular flexibility index (Phi) is 9.46. The molecule has 0 aliphatic carbocycles. The average molecular weight is 448 g/mol. The number of nitrogens with zero attached hydrogens (tertiary/aromatic N) is 1. The maximum Gasteiger partial charge on any atom is 0.349 e. The fourth-order valence-corrected chi connectivity index (χ4v) is 2.90. The smallest absolute Gasteiger partial charge is 0.349 e. The van der Waals surface area contributed by atoms with Crippen LogP contribution in [0.15, 0.2) is 53.9 Å². The number of hydrogen-bond acceptors (Lipinski definition) is 7. The summed E-state index contributed by atoms with van der Waals surface area (Å²) in [5.41, 5.74) is -0.134. The lowest BCUT2D eigenvalue weighted by Crippen LogP contribution is -2.39. The first-order chi connectivity index (χ1) is 14.8. The van der Waals surface area contributed by atoms with E-state index in [2.05, 4.69) is 10.2 Å². The van der Waals surface area contributed by atoms with E-state index in [1.54, 1.807) is 62.4 Å². The van der Waals surface area contributed by atoms with Gasteiger partial charge in [0.15, 0.2) is 16.7 Å². The molecule has 0 unspecified atom stereocenters. The summed E-state index contributed by atoms with van der Waals surface area (Å²) in [6.07, 6.45) is 3.14. The Bertz CT molecular complexity index is 865. The van der Waals surface area contributed by atoms with E-state index in [1.165, 1.54) is 0 Å². The highest BCUT2D eigenvalue weighted by Crippen LogP contribution is 2.22. The maximum atomic E-state index is 12.5. The van der Waals surface area contributed by atoms with Gasteiger partial charge in [-0.05, 0) is 88.1 Å². The molecule has 0 fully saturated rings. The predicted octanol–water partition coefficient (Wildman–Crippen LogP) is 5.53. The topological polar surface area (TPSA) is 91.3 Å². The molecule has 0 heterocycles. The van der Waals surface area contributed by atoms with Crippen molar-refractivity contribution in [2.75, 3.05) is 13.2 Å². The molecule has 2 rings (SSSR count). The molecule has 2 aromatic rings. The van der Waals surface area contributed by atoms with Crippen LogP contribution in [0.3, 0.4) is 0 Å². The molecule has 0 amide bonds. The molecule has 0 N–H and O–H groups in total. The lowest BCUT2D eigenvalue weighted by Gasteiger charge is -2.24. The molecule has 0 radical (unpaired) electrons. The molecule has 31 heavy (non-hydrogen) atoms. The largest absolute Gasteiger partial charge is 0.476 e. The lowest BCUT2D eigenvalue weighted by atomic mass is 10.0. The first-order valence-corrected chi connectivity index (χ1v) is 10.4. The minimum absolute atomic E-state index is 0.129. The van der Waals surface area contributed by atoms with Crippen LogP contribution >= 0.6 is 11.6 Å². The van der Waals surface area contributed by atoms with Crippen molar-refractivity contribution in [2.24, 2.45) is 5.34 Å². The van der Waals surface area contributed by atoms with Crippen molar-refractivity contribution < 1.29 is 23.9 Å². The highest BCUT2D eigenvalue weighted by molar-refractivity contribution is 6.30. The zero-order valence-corrected chi connectivity index (χ0v) is 18.4. The van der Waals surface area contributed by atoms with Gasteiger partial charge in [-0.1, -0.05) is 11.6 Å². The summed E-state index contributed by atoms with van der Waals surface area (Å²) in [7, 11) is 0. The van der Waals surface area contributed by atoms with Gasteiger partial charge in [0, 0.05) is 16.1 Å². The van der Waals surface area contributed by atoms with E-state index in [-0.39, 0.29) is 12.4 Å². The van der Waals surface area contributed by atoms with Crippen molar-refractivity contribution in [3.63, 3.8) is 0 Å². The van der Waals surface area contributed by atoms with E-state index in [0.717, 1.165) is 19.3 Å². The van der Waals surface area contributed by atoms with E-state index in [4.69, 9.17) is 21.1 Å². The molecule has 0 aromatic heterocycles. The minimum Gasteiger partial charge on any atom is -0.476 e. The summed E-state index contributed by atoms with van der Waals surface area (Å²) < 4.78 is 11.1. The van der Waals surface area contributed by atoms with Gasteiger partial charge in [-0.25, -0.2) is 4.79 Å². The fraction of sp³-hybridized carbons (Fsp3) is 0.391. The fourth-order valence-electron chi connectivity index (χ4n) is 2.78. The van der Waals surface area contributed by atoms with E-state index in [0.29, 0.717) is 34.9 Å². The number of carbonyl (C=O) groups excluding carboxylic acids is 2. The zero-order chi connectivity index (χ0) is 22.7. The number of ether oxygens (including phenoxy) is 2. The van der Waals surface area contributed by atoms with Crippen molar-refractivity contribution in [2.45, 2.75) is 45.1 Å². The quantitative estimate of drug-likeness (QED) is 0.132. The van der Waals surface area contributed by atoms with Gasteiger partial charge in [0.2, 0.25) is 0 Å². The third-order valence-corrected chi connectivity index (χ3v) is 4.76. The molecule has 7 nitrogen and oxygen atoms in total. The molecule has 166 valence electrons. The molecular weight excluding hydrogens is 422 g/mol. The zero-order valence-electron chi connectivity index (χ0n) is 17.6. The molecule has 0 atom stereocenters. The number of carbonyl (C=O) groups is 2. The number of hydrogen-bond donors (Lipinski definition) is 0. The Morgan fingerprint density at radius 3 is 2.00 bits per heavy atom. The minimum atomic E-state index is -1.18. The standard InChI is InChI=1S/C23H26ClNO6/c1-23(2,22(27)29-15-5-3-4-6-16-30-25-28)31-20-13-9-18(10-14-20)21(26)17-7-11-19(24)12-8-17/h7-14H,3-6,15-16H2,1-2H3. The molecule has 0 aliphatic rings. The monoisotopic (exact) mass is 447 g/mol. The molecule has 8 heteroatoms. The second kappa shape index (κ2) is 12.1. The van der Waals surface area contributed by atoms with E-state index < -0.39 is 11.6 Å². The van der Waals surface area contributed by atoms with Crippen molar-refractivity contribution in [3.8, 4) is 5.75 Å². The van der Waals surface area contributed by atoms with Gasteiger partial charge in [-0.2, -0.15) is 0 Å². The van der Waals surface area contributed by atoms with E-state index in [1.807, 2.05) is 0 Å².